The number of likely N-dealkylation sites (tertiary alicyclic amines) is 1. The zero-order chi connectivity index (χ0) is 27.3. The molecule has 40 heavy (non-hydrogen) atoms. The standard InChI is InChI=1S/C34H30FN3O2/c1-23-16-31-26(18-36-38(31)28-14-12-27(35)13-15-28)17-29(23)34-21-37(19-24-8-4-2-5-9-24)20-30(34)32(34)33(40-22-39)25-10-6-3-7-11-25/h2-18,22,30,32-33H,19-21H2,1H3. The minimum Gasteiger partial charge on any atom is -0.459 e. The van der Waals surface area contributed by atoms with E-state index >= 15 is 0 Å². The molecule has 0 N–H and O–H groups in total. The quantitative estimate of drug-likeness (QED) is 0.218. The lowest BCUT2D eigenvalue weighted by Crippen LogP contribution is -2.31. The van der Waals surface area contributed by atoms with Crippen molar-refractivity contribution in [2.24, 2.45) is 11.8 Å². The van der Waals surface area contributed by atoms with E-state index in [2.05, 4.69) is 65.5 Å². The smallest absolute Gasteiger partial charge is 0.293 e. The van der Waals surface area contributed by atoms with Gasteiger partial charge in [-0.15, -0.1) is 0 Å². The lowest BCUT2D eigenvalue weighted by Gasteiger charge is -2.28. The molecular formula is C34H30FN3O2. The van der Waals surface area contributed by atoms with Gasteiger partial charge in [-0.2, -0.15) is 5.10 Å². The highest BCUT2D eigenvalue weighted by molar-refractivity contribution is 5.83. The molecule has 4 unspecified atom stereocenters. The van der Waals surface area contributed by atoms with E-state index in [9.17, 15) is 9.18 Å². The van der Waals surface area contributed by atoms with Crippen LogP contribution in [0.5, 0.6) is 0 Å². The molecule has 0 spiro atoms. The Morgan fingerprint density at radius 1 is 1.02 bits per heavy atom. The highest BCUT2D eigenvalue weighted by Crippen LogP contribution is 2.69. The summed E-state index contributed by atoms with van der Waals surface area (Å²) in [6, 6.07) is 31.6. The summed E-state index contributed by atoms with van der Waals surface area (Å²) >= 11 is 0. The molecule has 7 rings (SSSR count). The summed E-state index contributed by atoms with van der Waals surface area (Å²) in [6.45, 7) is 5.48. The summed E-state index contributed by atoms with van der Waals surface area (Å²) in [7, 11) is 0. The van der Waals surface area contributed by atoms with Crippen LogP contribution in [0.1, 0.15) is 28.4 Å². The van der Waals surface area contributed by atoms with Gasteiger partial charge in [0.2, 0.25) is 0 Å². The van der Waals surface area contributed by atoms with Gasteiger partial charge in [0, 0.05) is 36.4 Å². The summed E-state index contributed by atoms with van der Waals surface area (Å²) in [5, 5.41) is 5.69. The highest BCUT2D eigenvalue weighted by Gasteiger charge is 2.72. The van der Waals surface area contributed by atoms with Crippen molar-refractivity contribution in [3.8, 4) is 5.69 Å². The third-order valence-electron chi connectivity index (χ3n) is 8.91. The second-order valence-electron chi connectivity index (χ2n) is 11.2. The Hall–Kier alpha value is -4.29. The molecule has 1 aliphatic carbocycles. The van der Waals surface area contributed by atoms with Gasteiger partial charge in [0.15, 0.2) is 0 Å². The molecule has 4 aromatic carbocycles. The van der Waals surface area contributed by atoms with Crippen LogP contribution in [0.3, 0.4) is 0 Å². The van der Waals surface area contributed by atoms with Crippen molar-refractivity contribution in [1.29, 1.82) is 0 Å². The van der Waals surface area contributed by atoms with Crippen LogP contribution in [0.2, 0.25) is 0 Å². The van der Waals surface area contributed by atoms with Gasteiger partial charge < -0.3 is 4.74 Å². The number of aromatic nitrogens is 2. The van der Waals surface area contributed by atoms with Gasteiger partial charge in [0.05, 0.1) is 17.4 Å². The molecule has 1 aliphatic heterocycles. The van der Waals surface area contributed by atoms with Crippen molar-refractivity contribution in [2.45, 2.75) is 25.0 Å². The number of ether oxygens (including phenoxy) is 1. The summed E-state index contributed by atoms with van der Waals surface area (Å²) in [6.07, 6.45) is 1.58. The number of benzene rings is 4. The zero-order valence-corrected chi connectivity index (χ0v) is 22.3. The molecule has 2 aliphatic rings. The largest absolute Gasteiger partial charge is 0.459 e. The number of halogens is 1. The van der Waals surface area contributed by atoms with Crippen molar-refractivity contribution >= 4 is 17.4 Å². The topological polar surface area (TPSA) is 47.4 Å². The van der Waals surface area contributed by atoms with E-state index < -0.39 is 0 Å². The van der Waals surface area contributed by atoms with E-state index in [0.717, 1.165) is 41.8 Å². The van der Waals surface area contributed by atoms with E-state index in [1.54, 1.807) is 12.1 Å². The van der Waals surface area contributed by atoms with E-state index in [1.165, 1.54) is 28.8 Å². The molecule has 0 radical (unpaired) electrons. The van der Waals surface area contributed by atoms with Crippen LogP contribution < -0.4 is 0 Å². The first-order chi connectivity index (χ1) is 19.6. The molecule has 0 amide bonds. The second kappa shape index (κ2) is 9.72. The van der Waals surface area contributed by atoms with Crippen molar-refractivity contribution in [1.82, 2.24) is 14.7 Å². The predicted molar refractivity (Wildman–Crippen MR) is 152 cm³/mol. The fourth-order valence-corrected chi connectivity index (χ4v) is 7.21. The molecule has 6 heteroatoms. The lowest BCUT2D eigenvalue weighted by molar-refractivity contribution is -0.135. The summed E-state index contributed by atoms with van der Waals surface area (Å²) in [4.78, 5) is 14.3. The Kier molecular flexibility index (Phi) is 6.01. The fraction of sp³-hybridized carbons (Fsp3) is 0.235. The summed E-state index contributed by atoms with van der Waals surface area (Å²) < 4.78 is 21.3. The van der Waals surface area contributed by atoms with Gasteiger partial charge in [-0.1, -0.05) is 60.7 Å². The van der Waals surface area contributed by atoms with Crippen LogP contribution in [0.15, 0.2) is 103 Å². The molecule has 5 nitrogen and oxygen atoms in total. The number of hydrogen-bond donors (Lipinski definition) is 0. The van der Waals surface area contributed by atoms with Crippen molar-refractivity contribution < 1.29 is 13.9 Å². The number of carbonyl (C=O) groups excluding carboxylic acids is 1. The molecule has 5 aromatic rings. The number of aryl methyl sites for hydroxylation is 1. The van der Waals surface area contributed by atoms with Crippen molar-refractivity contribution in [2.75, 3.05) is 13.1 Å². The average Bonchev–Trinajstić information content (AvgIpc) is 3.23. The van der Waals surface area contributed by atoms with E-state index in [1.807, 2.05) is 35.1 Å². The molecule has 2 fully saturated rings. The maximum absolute atomic E-state index is 13.6. The van der Waals surface area contributed by atoms with Gasteiger partial charge in [0.25, 0.3) is 6.47 Å². The lowest BCUT2D eigenvalue weighted by atomic mass is 9.86. The van der Waals surface area contributed by atoms with E-state index in [-0.39, 0.29) is 23.3 Å². The first kappa shape index (κ1) is 24.7. The van der Waals surface area contributed by atoms with Gasteiger partial charge in [0.1, 0.15) is 11.9 Å². The molecule has 1 aromatic heterocycles. The minimum atomic E-state index is -0.306. The Morgan fingerprint density at radius 2 is 1.75 bits per heavy atom. The Morgan fingerprint density at radius 3 is 2.48 bits per heavy atom. The highest BCUT2D eigenvalue weighted by atomic mass is 19.1. The fourth-order valence-electron chi connectivity index (χ4n) is 7.21. The Labute approximate surface area is 232 Å². The summed E-state index contributed by atoms with van der Waals surface area (Å²) in [5.74, 6) is 0.260. The maximum Gasteiger partial charge on any atom is 0.293 e. The summed E-state index contributed by atoms with van der Waals surface area (Å²) in [5.41, 5.74) is 6.47. The molecule has 4 atom stereocenters. The first-order valence-corrected chi connectivity index (χ1v) is 13.7. The van der Waals surface area contributed by atoms with Gasteiger partial charge in [-0.25, -0.2) is 9.07 Å². The van der Waals surface area contributed by atoms with Crippen molar-refractivity contribution in [3.63, 3.8) is 0 Å². The molecule has 2 heterocycles. The number of hydrogen-bond acceptors (Lipinski definition) is 4. The number of nitrogens with zero attached hydrogens (tertiary/aromatic N) is 3. The predicted octanol–water partition coefficient (Wildman–Crippen LogP) is 6.39. The number of piperidine rings is 1. The molecule has 1 saturated heterocycles. The van der Waals surface area contributed by atoms with Crippen molar-refractivity contribution in [3.05, 3.63) is 131 Å². The molecule has 0 bridgehead atoms. The van der Waals surface area contributed by atoms with Gasteiger partial charge in [-0.05, 0) is 71.5 Å². The first-order valence-electron chi connectivity index (χ1n) is 13.7. The normalized spacial score (nSPS) is 22.6. The molecule has 200 valence electrons. The van der Waals surface area contributed by atoms with E-state index in [0.29, 0.717) is 12.4 Å². The monoisotopic (exact) mass is 531 g/mol. The van der Waals surface area contributed by atoms with E-state index in [4.69, 9.17) is 4.74 Å². The third kappa shape index (κ3) is 4.02. The number of fused-ring (bicyclic) bond motifs is 2. The maximum atomic E-state index is 13.6. The number of rotatable bonds is 8. The van der Waals surface area contributed by atoms with Crippen LogP contribution in [0, 0.1) is 24.6 Å². The Balaban J connectivity index is 1.30. The van der Waals surface area contributed by atoms with Crippen LogP contribution >= 0.6 is 0 Å². The second-order valence-corrected chi connectivity index (χ2v) is 11.2. The third-order valence-corrected chi connectivity index (χ3v) is 8.91. The minimum absolute atomic E-state index is 0.144. The van der Waals surface area contributed by atoms with Crippen LogP contribution in [0.25, 0.3) is 16.6 Å². The number of carbonyl (C=O) groups is 1. The van der Waals surface area contributed by atoms with Crippen LogP contribution in [0.4, 0.5) is 4.39 Å². The van der Waals surface area contributed by atoms with Crippen LogP contribution in [-0.4, -0.2) is 34.2 Å². The molecular weight excluding hydrogens is 501 g/mol. The zero-order valence-electron chi connectivity index (χ0n) is 22.3. The van der Waals surface area contributed by atoms with Gasteiger partial charge in [-0.3, -0.25) is 9.69 Å². The van der Waals surface area contributed by atoms with Crippen LogP contribution in [-0.2, 0) is 21.5 Å². The SMILES string of the molecule is Cc1cc2c(cnn2-c2ccc(F)cc2)cc1C12CN(Cc3ccccc3)CC1C2C(OC=O)c1ccccc1. The van der Waals surface area contributed by atoms with Gasteiger partial charge >= 0.3 is 0 Å². The Bertz CT molecular complexity index is 1670. The average molecular weight is 532 g/mol. The molecule has 1 saturated carbocycles.